The van der Waals surface area contributed by atoms with E-state index in [-0.39, 0.29) is 6.09 Å². The molecule has 1 amide bonds. The van der Waals surface area contributed by atoms with Crippen LogP contribution < -0.4 is 0 Å². The Balaban J connectivity index is 2.64. The summed E-state index contributed by atoms with van der Waals surface area (Å²) in [5.74, 6) is 0. The Hall–Kier alpha value is -1.36. The van der Waals surface area contributed by atoms with Crippen molar-refractivity contribution in [2.75, 3.05) is 13.3 Å². The third-order valence-electron chi connectivity index (χ3n) is 2.38. The third-order valence-corrected chi connectivity index (χ3v) is 3.32. The van der Waals surface area contributed by atoms with Crippen LogP contribution in [0, 0.1) is 0 Å². The largest absolute Gasteiger partial charge is 0.444 e. The van der Waals surface area contributed by atoms with E-state index in [9.17, 15) is 9.00 Å². The number of hydrogen-bond donors (Lipinski definition) is 0. The van der Waals surface area contributed by atoms with Gasteiger partial charge >= 0.3 is 6.09 Å². The molecule has 0 radical (unpaired) electrons. The minimum Gasteiger partial charge on any atom is -0.444 e. The normalized spacial score (nSPS) is 12.9. The van der Waals surface area contributed by atoms with Crippen molar-refractivity contribution in [3.8, 4) is 0 Å². The van der Waals surface area contributed by atoms with Crippen molar-refractivity contribution in [1.82, 2.24) is 4.90 Å². The molecule has 1 aromatic carbocycles. The van der Waals surface area contributed by atoms with Gasteiger partial charge in [0.2, 0.25) is 0 Å². The molecule has 0 aromatic heterocycles. The molecular weight excluding hydrogens is 262 g/mol. The summed E-state index contributed by atoms with van der Waals surface area (Å²) < 4.78 is 16.5. The first-order valence-electron chi connectivity index (χ1n) is 6.05. The zero-order chi connectivity index (χ0) is 14.6. The molecular formula is C14H21NO3S. The van der Waals surface area contributed by atoms with Crippen LogP contribution in [0.5, 0.6) is 0 Å². The Morgan fingerprint density at radius 2 is 1.79 bits per heavy atom. The van der Waals surface area contributed by atoms with Gasteiger partial charge in [-0.1, -0.05) is 12.1 Å². The summed E-state index contributed by atoms with van der Waals surface area (Å²) in [6.07, 6.45) is 1.29. The van der Waals surface area contributed by atoms with Crippen molar-refractivity contribution < 1.29 is 13.7 Å². The summed E-state index contributed by atoms with van der Waals surface area (Å²) in [6.45, 7) is 5.98. The van der Waals surface area contributed by atoms with E-state index in [4.69, 9.17) is 4.74 Å². The van der Waals surface area contributed by atoms with Gasteiger partial charge in [0.25, 0.3) is 0 Å². The van der Waals surface area contributed by atoms with Gasteiger partial charge in [0.1, 0.15) is 5.60 Å². The molecule has 0 unspecified atom stereocenters. The van der Waals surface area contributed by atoms with E-state index in [1.54, 1.807) is 13.3 Å². The summed E-state index contributed by atoms with van der Waals surface area (Å²) in [5.41, 5.74) is 0.483. The SMILES string of the molecule is CN(Cc1ccc([S@](C)=O)cc1)C(=O)OC(C)(C)C. The fraction of sp³-hybridized carbons (Fsp3) is 0.500. The zero-order valence-corrected chi connectivity index (χ0v) is 12.9. The van der Waals surface area contributed by atoms with Gasteiger partial charge in [0.15, 0.2) is 0 Å². The van der Waals surface area contributed by atoms with E-state index in [1.807, 2.05) is 45.0 Å². The Kier molecular flexibility index (Phi) is 5.11. The molecule has 106 valence electrons. The van der Waals surface area contributed by atoms with Crippen LogP contribution in [-0.2, 0) is 22.1 Å². The number of rotatable bonds is 3. The molecule has 1 rings (SSSR count). The van der Waals surface area contributed by atoms with Gasteiger partial charge in [-0.05, 0) is 38.5 Å². The van der Waals surface area contributed by atoms with Crippen LogP contribution in [0.4, 0.5) is 4.79 Å². The number of hydrogen-bond acceptors (Lipinski definition) is 3. The highest BCUT2D eigenvalue weighted by molar-refractivity contribution is 7.84. The molecule has 0 aliphatic rings. The number of ether oxygens (including phenoxy) is 1. The molecule has 0 aliphatic heterocycles. The van der Waals surface area contributed by atoms with Gasteiger partial charge in [0.05, 0.1) is 0 Å². The highest BCUT2D eigenvalue weighted by Gasteiger charge is 2.19. The average Bonchev–Trinajstić information content (AvgIpc) is 2.27. The lowest BCUT2D eigenvalue weighted by Crippen LogP contribution is -2.33. The molecule has 0 aliphatic carbocycles. The predicted octanol–water partition coefficient (Wildman–Crippen LogP) is 2.79. The second-order valence-electron chi connectivity index (χ2n) is 5.43. The minimum absolute atomic E-state index is 0.351. The Bertz CT molecular complexity index is 463. The summed E-state index contributed by atoms with van der Waals surface area (Å²) in [4.78, 5) is 14.1. The highest BCUT2D eigenvalue weighted by atomic mass is 32.2. The fourth-order valence-corrected chi connectivity index (χ4v) is 1.98. The number of amides is 1. The Morgan fingerprint density at radius 1 is 1.26 bits per heavy atom. The Morgan fingerprint density at radius 3 is 2.21 bits per heavy atom. The summed E-state index contributed by atoms with van der Waals surface area (Å²) in [7, 11) is 0.717. The van der Waals surface area contributed by atoms with Crippen LogP contribution in [0.15, 0.2) is 29.2 Å². The molecule has 0 fully saturated rings. The van der Waals surface area contributed by atoms with E-state index in [1.165, 1.54) is 4.90 Å². The second-order valence-corrected chi connectivity index (χ2v) is 6.81. The molecule has 5 heteroatoms. The third kappa shape index (κ3) is 5.42. The Labute approximate surface area is 117 Å². The molecule has 4 nitrogen and oxygen atoms in total. The maximum Gasteiger partial charge on any atom is 0.410 e. The number of carbonyl (C=O) groups excluding carboxylic acids is 1. The van der Waals surface area contributed by atoms with Gasteiger partial charge in [-0.2, -0.15) is 0 Å². The van der Waals surface area contributed by atoms with Gasteiger partial charge in [-0.3, -0.25) is 4.21 Å². The maximum atomic E-state index is 11.8. The molecule has 0 saturated heterocycles. The summed E-state index contributed by atoms with van der Waals surface area (Å²) >= 11 is 0. The monoisotopic (exact) mass is 283 g/mol. The highest BCUT2D eigenvalue weighted by Crippen LogP contribution is 2.13. The van der Waals surface area contributed by atoms with Crippen LogP contribution in [0.2, 0.25) is 0 Å². The fourth-order valence-electron chi connectivity index (χ4n) is 1.46. The zero-order valence-electron chi connectivity index (χ0n) is 12.1. The quantitative estimate of drug-likeness (QED) is 0.857. The predicted molar refractivity (Wildman–Crippen MR) is 76.5 cm³/mol. The van der Waals surface area contributed by atoms with Crippen LogP contribution >= 0.6 is 0 Å². The van der Waals surface area contributed by atoms with Gasteiger partial charge < -0.3 is 9.64 Å². The lowest BCUT2D eigenvalue weighted by atomic mass is 10.2. The summed E-state index contributed by atoms with van der Waals surface area (Å²) in [5, 5.41) is 0. The molecule has 0 N–H and O–H groups in total. The van der Waals surface area contributed by atoms with Crippen molar-refractivity contribution in [2.24, 2.45) is 0 Å². The second kappa shape index (κ2) is 6.19. The molecule has 0 heterocycles. The van der Waals surface area contributed by atoms with E-state index in [0.29, 0.717) is 6.54 Å². The maximum absolute atomic E-state index is 11.8. The lowest BCUT2D eigenvalue weighted by molar-refractivity contribution is 0.0285. The van der Waals surface area contributed by atoms with Crippen molar-refractivity contribution in [3.05, 3.63) is 29.8 Å². The van der Waals surface area contributed by atoms with Crippen molar-refractivity contribution in [2.45, 2.75) is 37.8 Å². The van der Waals surface area contributed by atoms with Crippen molar-refractivity contribution >= 4 is 16.9 Å². The van der Waals surface area contributed by atoms with Crippen LogP contribution in [0.1, 0.15) is 26.3 Å². The van der Waals surface area contributed by atoms with Crippen molar-refractivity contribution in [1.29, 1.82) is 0 Å². The molecule has 1 aromatic rings. The molecule has 1 atom stereocenters. The molecule has 0 saturated carbocycles. The number of benzene rings is 1. The topological polar surface area (TPSA) is 46.6 Å². The van der Waals surface area contributed by atoms with E-state index in [0.717, 1.165) is 10.5 Å². The van der Waals surface area contributed by atoms with Crippen LogP contribution in [-0.4, -0.2) is 34.1 Å². The number of nitrogens with zero attached hydrogens (tertiary/aromatic N) is 1. The van der Waals surface area contributed by atoms with E-state index >= 15 is 0 Å². The van der Waals surface area contributed by atoms with Gasteiger partial charge in [0, 0.05) is 35.5 Å². The van der Waals surface area contributed by atoms with Crippen molar-refractivity contribution in [3.63, 3.8) is 0 Å². The first-order chi connectivity index (χ1) is 8.69. The van der Waals surface area contributed by atoms with Gasteiger partial charge in [-0.15, -0.1) is 0 Å². The van der Waals surface area contributed by atoms with Gasteiger partial charge in [-0.25, -0.2) is 4.79 Å². The molecule has 0 spiro atoms. The standard InChI is InChI=1S/C14H21NO3S/c1-14(2,3)18-13(16)15(4)10-11-6-8-12(9-7-11)19(5)17/h6-9H,10H2,1-5H3/t19-/m0/s1. The summed E-state index contributed by atoms with van der Waals surface area (Å²) in [6, 6.07) is 7.37. The average molecular weight is 283 g/mol. The van der Waals surface area contributed by atoms with E-state index in [2.05, 4.69) is 0 Å². The minimum atomic E-state index is -0.977. The van der Waals surface area contributed by atoms with Crippen LogP contribution in [0.25, 0.3) is 0 Å². The smallest absolute Gasteiger partial charge is 0.410 e. The first kappa shape index (κ1) is 15.7. The molecule has 19 heavy (non-hydrogen) atoms. The van der Waals surface area contributed by atoms with E-state index < -0.39 is 16.4 Å². The first-order valence-corrected chi connectivity index (χ1v) is 7.61. The molecule has 0 bridgehead atoms. The lowest BCUT2D eigenvalue weighted by Gasteiger charge is -2.24. The number of carbonyl (C=O) groups is 1. The van der Waals surface area contributed by atoms with Crippen LogP contribution in [0.3, 0.4) is 0 Å².